The molecule has 1 saturated carbocycles. The van der Waals surface area contributed by atoms with Crippen molar-refractivity contribution < 1.29 is 4.43 Å². The number of hydrogen-bond acceptors (Lipinski definition) is 1. The van der Waals surface area contributed by atoms with Gasteiger partial charge in [0.25, 0.3) is 0 Å². The van der Waals surface area contributed by atoms with Crippen LogP contribution in [0, 0.1) is 5.92 Å². The Morgan fingerprint density at radius 3 is 2.20 bits per heavy atom. The molecule has 0 amide bonds. The van der Waals surface area contributed by atoms with Gasteiger partial charge in [-0.25, -0.2) is 0 Å². The van der Waals surface area contributed by atoms with Crippen LogP contribution < -0.4 is 0 Å². The van der Waals surface area contributed by atoms with Crippen LogP contribution in [0.4, 0.5) is 0 Å². The third-order valence-electron chi connectivity index (χ3n) is 4.21. The molecule has 0 saturated heterocycles. The maximum absolute atomic E-state index is 6.72. The van der Waals surface area contributed by atoms with Gasteiger partial charge in [0.15, 0.2) is 8.32 Å². The fourth-order valence-corrected chi connectivity index (χ4v) is 4.82. The molecule has 0 radical (unpaired) electrons. The minimum atomic E-state index is -1.65. The van der Waals surface area contributed by atoms with E-state index in [1.54, 1.807) is 0 Å². The summed E-state index contributed by atoms with van der Waals surface area (Å²) in [5, 5.41) is 0. The largest absolute Gasteiger partial charge is 0.404 e. The summed E-state index contributed by atoms with van der Waals surface area (Å²) in [5.41, 5.74) is 0.996. The first-order chi connectivity index (χ1) is 9.48. The molecular weight excluding hydrogens is 260 g/mol. The Hall–Kier alpha value is -0.863. The summed E-state index contributed by atoms with van der Waals surface area (Å²) in [7, 11) is -1.65. The van der Waals surface area contributed by atoms with Gasteiger partial charge in [0.1, 0.15) is 5.60 Å². The second-order valence-corrected chi connectivity index (χ2v) is 11.3. The molecule has 0 aliphatic heterocycles. The van der Waals surface area contributed by atoms with Crippen LogP contribution in [0.25, 0.3) is 0 Å². The first-order valence-corrected chi connectivity index (χ1v) is 11.3. The molecule has 0 unspecified atom stereocenters. The van der Waals surface area contributed by atoms with Gasteiger partial charge in [0, 0.05) is 0 Å². The molecule has 0 spiro atoms. The molecule has 0 heterocycles. The molecule has 110 valence electrons. The molecular formula is C18H28OSi. The third-order valence-corrected chi connectivity index (χ3v) is 5.17. The lowest BCUT2D eigenvalue weighted by Gasteiger charge is -2.44. The zero-order valence-electron chi connectivity index (χ0n) is 13.2. The Morgan fingerprint density at radius 2 is 1.70 bits per heavy atom. The van der Waals surface area contributed by atoms with E-state index in [1.807, 2.05) is 0 Å². The van der Waals surface area contributed by atoms with Crippen LogP contribution >= 0.6 is 0 Å². The van der Waals surface area contributed by atoms with Crippen molar-refractivity contribution in [2.75, 3.05) is 0 Å². The van der Waals surface area contributed by atoms with Crippen LogP contribution in [0.15, 0.2) is 43.0 Å². The molecule has 1 aliphatic rings. The van der Waals surface area contributed by atoms with Crippen LogP contribution in [0.2, 0.25) is 19.6 Å². The summed E-state index contributed by atoms with van der Waals surface area (Å²) in [4.78, 5) is 0. The Kier molecular flexibility index (Phi) is 4.87. The molecule has 1 aromatic carbocycles. The summed E-state index contributed by atoms with van der Waals surface area (Å²) in [6.07, 6.45) is 8.60. The molecule has 1 aromatic rings. The lowest BCUT2D eigenvalue weighted by atomic mass is 9.73. The molecule has 20 heavy (non-hydrogen) atoms. The molecule has 0 aromatic heterocycles. The van der Waals surface area contributed by atoms with Gasteiger partial charge >= 0.3 is 0 Å². The van der Waals surface area contributed by atoms with Gasteiger partial charge in [-0.1, -0.05) is 62.2 Å². The van der Waals surface area contributed by atoms with Crippen molar-refractivity contribution in [3.8, 4) is 0 Å². The summed E-state index contributed by atoms with van der Waals surface area (Å²) < 4.78 is 6.72. The van der Waals surface area contributed by atoms with E-state index in [2.05, 4.69) is 62.6 Å². The van der Waals surface area contributed by atoms with Gasteiger partial charge in [0.05, 0.1) is 0 Å². The van der Waals surface area contributed by atoms with E-state index in [0.29, 0.717) is 5.92 Å². The lowest BCUT2D eigenvalue weighted by Crippen LogP contribution is -2.45. The predicted octanol–water partition coefficient (Wildman–Crippen LogP) is 5.50. The van der Waals surface area contributed by atoms with Gasteiger partial charge < -0.3 is 4.43 Å². The maximum Gasteiger partial charge on any atom is 0.185 e. The highest BCUT2D eigenvalue weighted by Crippen LogP contribution is 2.44. The second kappa shape index (κ2) is 6.27. The SMILES string of the molecule is C=C[C@@](O[Si](C)(C)C)(c1ccccc1)C1CCCCC1. The van der Waals surface area contributed by atoms with E-state index in [9.17, 15) is 0 Å². The van der Waals surface area contributed by atoms with Gasteiger partial charge in [-0.15, -0.1) is 0 Å². The molecule has 1 fully saturated rings. The summed E-state index contributed by atoms with van der Waals surface area (Å²) >= 11 is 0. The Bertz CT molecular complexity index is 428. The molecule has 2 rings (SSSR count). The van der Waals surface area contributed by atoms with Crippen molar-refractivity contribution in [2.45, 2.75) is 57.3 Å². The van der Waals surface area contributed by atoms with Crippen LogP contribution in [0.1, 0.15) is 37.7 Å². The summed E-state index contributed by atoms with van der Waals surface area (Å²) in [5.74, 6) is 0.572. The highest BCUT2D eigenvalue weighted by atomic mass is 28.4. The minimum Gasteiger partial charge on any atom is -0.404 e. The zero-order valence-corrected chi connectivity index (χ0v) is 14.2. The minimum absolute atomic E-state index is 0.286. The molecule has 1 atom stereocenters. The molecule has 2 heteroatoms. The van der Waals surface area contributed by atoms with Crippen LogP contribution in [0.5, 0.6) is 0 Å². The topological polar surface area (TPSA) is 9.23 Å². The highest BCUT2D eigenvalue weighted by Gasteiger charge is 2.42. The van der Waals surface area contributed by atoms with Crippen LogP contribution in [-0.2, 0) is 10.0 Å². The standard InChI is InChI=1S/C18H28OSi/c1-5-18(19-20(2,3)4,16-12-8-6-9-13-16)17-14-10-7-11-15-17/h5-6,8-9,12-13,17H,1,7,10-11,14-15H2,2-4H3/t18-/m1/s1. The van der Waals surface area contributed by atoms with E-state index >= 15 is 0 Å². The summed E-state index contributed by atoms with van der Waals surface area (Å²) in [6.45, 7) is 11.0. The number of hydrogen-bond donors (Lipinski definition) is 0. The van der Waals surface area contributed by atoms with Gasteiger partial charge in [-0.2, -0.15) is 0 Å². The predicted molar refractivity (Wildman–Crippen MR) is 89.3 cm³/mol. The Balaban J connectivity index is 2.42. The van der Waals surface area contributed by atoms with E-state index in [4.69, 9.17) is 4.43 Å². The fourth-order valence-electron chi connectivity index (χ4n) is 3.44. The Labute approximate surface area is 125 Å². The van der Waals surface area contributed by atoms with Crippen molar-refractivity contribution in [3.05, 3.63) is 48.6 Å². The van der Waals surface area contributed by atoms with Crippen molar-refractivity contribution in [1.29, 1.82) is 0 Å². The quantitative estimate of drug-likeness (QED) is 0.513. The normalized spacial score (nSPS) is 20.4. The lowest BCUT2D eigenvalue weighted by molar-refractivity contribution is 0.0247. The van der Waals surface area contributed by atoms with E-state index in [1.165, 1.54) is 37.7 Å². The molecule has 0 N–H and O–H groups in total. The fraction of sp³-hybridized carbons (Fsp3) is 0.556. The molecule has 1 nitrogen and oxygen atoms in total. The van der Waals surface area contributed by atoms with Gasteiger partial charge in [-0.3, -0.25) is 0 Å². The summed E-state index contributed by atoms with van der Waals surface area (Å²) in [6, 6.07) is 10.7. The van der Waals surface area contributed by atoms with Crippen molar-refractivity contribution >= 4 is 8.32 Å². The van der Waals surface area contributed by atoms with E-state index < -0.39 is 8.32 Å². The maximum atomic E-state index is 6.72. The first-order valence-electron chi connectivity index (χ1n) is 7.87. The van der Waals surface area contributed by atoms with Crippen LogP contribution in [-0.4, -0.2) is 8.32 Å². The average Bonchev–Trinajstić information content (AvgIpc) is 2.46. The van der Waals surface area contributed by atoms with Crippen molar-refractivity contribution in [3.63, 3.8) is 0 Å². The van der Waals surface area contributed by atoms with Crippen molar-refractivity contribution in [1.82, 2.24) is 0 Å². The van der Waals surface area contributed by atoms with Gasteiger partial charge in [0.2, 0.25) is 0 Å². The van der Waals surface area contributed by atoms with Crippen LogP contribution in [0.3, 0.4) is 0 Å². The number of benzene rings is 1. The van der Waals surface area contributed by atoms with E-state index in [0.717, 1.165) is 0 Å². The first kappa shape index (κ1) is 15.5. The zero-order chi connectivity index (χ0) is 14.6. The number of rotatable bonds is 5. The molecule has 0 bridgehead atoms. The smallest absolute Gasteiger partial charge is 0.185 e. The van der Waals surface area contributed by atoms with Crippen molar-refractivity contribution in [2.24, 2.45) is 5.92 Å². The van der Waals surface area contributed by atoms with E-state index in [-0.39, 0.29) is 5.60 Å². The van der Waals surface area contributed by atoms with Gasteiger partial charge in [-0.05, 0) is 44.0 Å². The highest BCUT2D eigenvalue weighted by molar-refractivity contribution is 6.69. The Morgan fingerprint density at radius 1 is 1.10 bits per heavy atom. The molecule has 1 aliphatic carbocycles. The second-order valence-electron chi connectivity index (χ2n) is 6.91. The average molecular weight is 289 g/mol. The third kappa shape index (κ3) is 3.42. The monoisotopic (exact) mass is 288 g/mol.